The molecule has 1 amide bonds. The summed E-state index contributed by atoms with van der Waals surface area (Å²) in [6.07, 6.45) is 2.56. The number of anilines is 1. The first-order valence-electron chi connectivity index (χ1n) is 9.33. The van der Waals surface area contributed by atoms with E-state index in [2.05, 4.69) is 10.3 Å². The molecule has 1 aliphatic carbocycles. The highest BCUT2D eigenvalue weighted by molar-refractivity contribution is 6.12. The highest BCUT2D eigenvalue weighted by atomic mass is 16.5. The molecule has 1 aliphatic rings. The molecule has 6 nitrogen and oxygen atoms in total. The molecule has 3 aromatic rings. The lowest BCUT2D eigenvalue weighted by molar-refractivity contribution is 0.0526. The molecule has 0 spiro atoms. The molecule has 6 heteroatoms. The Morgan fingerprint density at radius 3 is 2.64 bits per heavy atom. The molecule has 2 N–H and O–H groups in total. The van der Waals surface area contributed by atoms with Crippen LogP contribution in [0.25, 0.3) is 10.9 Å². The van der Waals surface area contributed by atoms with Gasteiger partial charge >= 0.3 is 5.97 Å². The van der Waals surface area contributed by atoms with Crippen molar-refractivity contribution >= 4 is 28.5 Å². The Kier molecular flexibility index (Phi) is 4.69. The van der Waals surface area contributed by atoms with E-state index in [4.69, 9.17) is 4.74 Å². The van der Waals surface area contributed by atoms with E-state index in [1.807, 2.05) is 0 Å². The van der Waals surface area contributed by atoms with Crippen molar-refractivity contribution in [3.63, 3.8) is 0 Å². The number of aromatic amines is 1. The van der Waals surface area contributed by atoms with E-state index >= 15 is 0 Å². The summed E-state index contributed by atoms with van der Waals surface area (Å²) in [5.74, 6) is -0.719. The van der Waals surface area contributed by atoms with Crippen LogP contribution in [0.1, 0.15) is 45.3 Å². The molecule has 142 valence electrons. The van der Waals surface area contributed by atoms with Crippen molar-refractivity contribution in [2.75, 3.05) is 11.9 Å². The fourth-order valence-electron chi connectivity index (χ4n) is 3.61. The number of carbonyl (C=O) groups is 2. The SMILES string of the molecule is CCOC(=O)c1ccc(NC(=O)c2cccc3c(=O)c4c([nH]c23)CCC4)cc1. The van der Waals surface area contributed by atoms with Gasteiger partial charge in [0.15, 0.2) is 5.43 Å². The van der Waals surface area contributed by atoms with Crippen molar-refractivity contribution in [2.24, 2.45) is 0 Å². The zero-order valence-electron chi connectivity index (χ0n) is 15.5. The predicted molar refractivity (Wildman–Crippen MR) is 107 cm³/mol. The number of amides is 1. The van der Waals surface area contributed by atoms with Gasteiger partial charge in [-0.05, 0) is 62.6 Å². The normalized spacial score (nSPS) is 12.6. The van der Waals surface area contributed by atoms with Crippen molar-refractivity contribution in [1.82, 2.24) is 4.98 Å². The van der Waals surface area contributed by atoms with Crippen LogP contribution in [0.2, 0.25) is 0 Å². The Morgan fingerprint density at radius 1 is 1.11 bits per heavy atom. The molecule has 0 unspecified atom stereocenters. The van der Waals surface area contributed by atoms with E-state index in [0.29, 0.717) is 34.3 Å². The minimum Gasteiger partial charge on any atom is -0.462 e. The Morgan fingerprint density at radius 2 is 1.89 bits per heavy atom. The third-order valence-electron chi connectivity index (χ3n) is 4.98. The van der Waals surface area contributed by atoms with Crippen molar-refractivity contribution in [1.29, 1.82) is 0 Å². The average Bonchev–Trinajstić information content (AvgIpc) is 3.17. The summed E-state index contributed by atoms with van der Waals surface area (Å²) in [6.45, 7) is 2.05. The number of esters is 1. The molecule has 0 bridgehead atoms. The molecule has 2 aromatic carbocycles. The first kappa shape index (κ1) is 18.0. The molecular weight excluding hydrogens is 356 g/mol. The maximum atomic E-state index is 12.8. The van der Waals surface area contributed by atoms with E-state index in [1.54, 1.807) is 49.4 Å². The van der Waals surface area contributed by atoms with E-state index in [-0.39, 0.29) is 11.3 Å². The summed E-state index contributed by atoms with van der Waals surface area (Å²) in [7, 11) is 0. The number of hydrogen-bond donors (Lipinski definition) is 2. The number of pyridine rings is 1. The molecule has 1 aromatic heterocycles. The number of rotatable bonds is 4. The zero-order valence-corrected chi connectivity index (χ0v) is 15.5. The van der Waals surface area contributed by atoms with Gasteiger partial charge in [0.25, 0.3) is 5.91 Å². The molecule has 0 radical (unpaired) electrons. The Hall–Kier alpha value is -3.41. The molecule has 28 heavy (non-hydrogen) atoms. The van der Waals surface area contributed by atoms with Crippen LogP contribution in [-0.4, -0.2) is 23.5 Å². The molecule has 0 aliphatic heterocycles. The van der Waals surface area contributed by atoms with Gasteiger partial charge in [-0.15, -0.1) is 0 Å². The minimum atomic E-state index is -0.402. The van der Waals surface area contributed by atoms with E-state index in [1.165, 1.54) is 0 Å². The summed E-state index contributed by atoms with van der Waals surface area (Å²) >= 11 is 0. The smallest absolute Gasteiger partial charge is 0.338 e. The highest BCUT2D eigenvalue weighted by Gasteiger charge is 2.20. The van der Waals surface area contributed by atoms with Gasteiger partial charge in [-0.1, -0.05) is 6.07 Å². The first-order valence-corrected chi connectivity index (χ1v) is 9.33. The Balaban J connectivity index is 1.64. The third kappa shape index (κ3) is 3.17. The number of para-hydroxylation sites is 1. The topological polar surface area (TPSA) is 88.3 Å². The lowest BCUT2D eigenvalue weighted by atomic mass is 10.1. The number of H-pyrrole nitrogens is 1. The highest BCUT2D eigenvalue weighted by Crippen LogP contribution is 2.23. The number of aromatic nitrogens is 1. The zero-order chi connectivity index (χ0) is 19.7. The van der Waals surface area contributed by atoms with Gasteiger partial charge in [0.2, 0.25) is 0 Å². The molecule has 1 heterocycles. The van der Waals surface area contributed by atoms with Gasteiger partial charge in [-0.2, -0.15) is 0 Å². The average molecular weight is 376 g/mol. The Bertz CT molecular complexity index is 1130. The molecule has 0 fully saturated rings. The van der Waals surface area contributed by atoms with Crippen LogP contribution >= 0.6 is 0 Å². The lowest BCUT2D eigenvalue weighted by Gasteiger charge is -2.10. The Labute approximate surface area is 161 Å². The van der Waals surface area contributed by atoms with Crippen LogP contribution < -0.4 is 10.7 Å². The molecule has 0 saturated carbocycles. The summed E-state index contributed by atoms with van der Waals surface area (Å²) < 4.78 is 4.95. The minimum absolute atomic E-state index is 0.00897. The summed E-state index contributed by atoms with van der Waals surface area (Å²) in [5, 5.41) is 3.36. The summed E-state index contributed by atoms with van der Waals surface area (Å²) in [6, 6.07) is 11.7. The number of aryl methyl sites for hydroxylation is 1. The van der Waals surface area contributed by atoms with Gasteiger partial charge < -0.3 is 15.0 Å². The second kappa shape index (κ2) is 7.31. The molecular formula is C22H20N2O4. The molecule has 0 saturated heterocycles. The number of ether oxygens (including phenoxy) is 1. The summed E-state index contributed by atoms with van der Waals surface area (Å²) in [5.41, 5.74) is 3.72. The van der Waals surface area contributed by atoms with Crippen LogP contribution in [0.4, 0.5) is 5.69 Å². The second-order valence-electron chi connectivity index (χ2n) is 6.74. The van der Waals surface area contributed by atoms with Crippen LogP contribution in [-0.2, 0) is 17.6 Å². The number of benzene rings is 2. The van der Waals surface area contributed by atoms with Gasteiger partial charge in [0.1, 0.15) is 0 Å². The standard InChI is InChI=1S/C22H20N2O4/c1-2-28-22(27)13-9-11-14(12-10-13)23-21(26)17-7-3-6-16-19(17)24-18-8-4-5-15(18)20(16)25/h3,6-7,9-12H,2,4-5,8H2,1H3,(H,23,26)(H,24,25). The van der Waals surface area contributed by atoms with E-state index in [0.717, 1.165) is 30.5 Å². The van der Waals surface area contributed by atoms with Crippen LogP contribution in [0, 0.1) is 0 Å². The number of carbonyl (C=O) groups excluding carboxylic acids is 2. The van der Waals surface area contributed by atoms with Crippen LogP contribution in [0.15, 0.2) is 47.3 Å². The molecule has 4 rings (SSSR count). The molecule has 0 atom stereocenters. The first-order chi connectivity index (χ1) is 13.6. The summed E-state index contributed by atoms with van der Waals surface area (Å²) in [4.78, 5) is 40.6. The predicted octanol–water partition coefficient (Wildman–Crippen LogP) is 3.45. The van der Waals surface area contributed by atoms with Crippen molar-refractivity contribution in [3.05, 3.63) is 75.1 Å². The fourth-order valence-corrected chi connectivity index (χ4v) is 3.61. The second-order valence-corrected chi connectivity index (χ2v) is 6.74. The van der Waals surface area contributed by atoms with Crippen molar-refractivity contribution < 1.29 is 14.3 Å². The van der Waals surface area contributed by atoms with Crippen LogP contribution in [0.3, 0.4) is 0 Å². The fraction of sp³-hybridized carbons (Fsp3) is 0.227. The number of fused-ring (bicyclic) bond motifs is 2. The largest absolute Gasteiger partial charge is 0.462 e. The van der Waals surface area contributed by atoms with Gasteiger partial charge in [0.05, 0.1) is 23.3 Å². The van der Waals surface area contributed by atoms with E-state index < -0.39 is 5.97 Å². The third-order valence-corrected chi connectivity index (χ3v) is 4.98. The quantitative estimate of drug-likeness (QED) is 0.683. The van der Waals surface area contributed by atoms with Gasteiger partial charge in [-0.3, -0.25) is 9.59 Å². The monoisotopic (exact) mass is 376 g/mol. The van der Waals surface area contributed by atoms with Crippen molar-refractivity contribution in [3.8, 4) is 0 Å². The van der Waals surface area contributed by atoms with Crippen molar-refractivity contribution in [2.45, 2.75) is 26.2 Å². The lowest BCUT2D eigenvalue weighted by Crippen LogP contribution is -2.16. The number of nitrogens with one attached hydrogen (secondary N) is 2. The van der Waals surface area contributed by atoms with Gasteiger partial charge in [0, 0.05) is 22.3 Å². The van der Waals surface area contributed by atoms with Crippen LogP contribution in [0.5, 0.6) is 0 Å². The van der Waals surface area contributed by atoms with E-state index in [9.17, 15) is 14.4 Å². The maximum absolute atomic E-state index is 12.8. The van der Waals surface area contributed by atoms with Gasteiger partial charge in [-0.25, -0.2) is 4.79 Å². The maximum Gasteiger partial charge on any atom is 0.338 e. The number of hydrogen-bond acceptors (Lipinski definition) is 4.